The van der Waals surface area contributed by atoms with Crippen molar-refractivity contribution in [3.63, 3.8) is 0 Å². The van der Waals surface area contributed by atoms with Crippen molar-refractivity contribution in [1.29, 1.82) is 0 Å². The fourth-order valence-electron chi connectivity index (χ4n) is 2.87. The minimum atomic E-state index is -0.436. The van der Waals surface area contributed by atoms with Gasteiger partial charge in [0.25, 0.3) is 11.8 Å². The van der Waals surface area contributed by atoms with Crippen LogP contribution >= 0.6 is 0 Å². The highest BCUT2D eigenvalue weighted by atomic mass is 16.7. The Morgan fingerprint density at radius 2 is 1.67 bits per heavy atom. The summed E-state index contributed by atoms with van der Waals surface area (Å²) in [5, 5.41) is 0.812. The van der Waals surface area contributed by atoms with Crippen LogP contribution in [0, 0.1) is 13.8 Å². The maximum Gasteiger partial charge on any atom is 0.285 e. The van der Waals surface area contributed by atoms with Crippen LogP contribution in [-0.4, -0.2) is 29.5 Å². The van der Waals surface area contributed by atoms with Crippen molar-refractivity contribution in [3.8, 4) is 0 Å². The Labute approximate surface area is 141 Å². The lowest BCUT2D eigenvalue weighted by Gasteiger charge is -2.18. The highest BCUT2D eigenvalue weighted by molar-refractivity contribution is 6.20. The first-order chi connectivity index (χ1) is 11.5. The van der Waals surface area contributed by atoms with E-state index in [2.05, 4.69) is 6.07 Å². The predicted molar refractivity (Wildman–Crippen MR) is 90.5 cm³/mol. The number of hydroxylamine groups is 2. The van der Waals surface area contributed by atoms with Gasteiger partial charge < -0.3 is 5.73 Å². The van der Waals surface area contributed by atoms with Gasteiger partial charge in [-0.3, -0.25) is 14.4 Å². The van der Waals surface area contributed by atoms with Crippen molar-refractivity contribution in [2.45, 2.75) is 26.3 Å². The van der Waals surface area contributed by atoms with Gasteiger partial charge in [-0.25, -0.2) is 0 Å². The van der Waals surface area contributed by atoms with Gasteiger partial charge in [-0.15, -0.1) is 5.06 Å². The molecule has 2 aromatic rings. The molecule has 0 saturated heterocycles. The molecule has 0 saturated carbocycles. The van der Waals surface area contributed by atoms with E-state index in [1.165, 1.54) is 11.1 Å². The summed E-state index contributed by atoms with van der Waals surface area (Å²) in [4.78, 5) is 29.8. The third kappa shape index (κ3) is 3.09. The van der Waals surface area contributed by atoms with Gasteiger partial charge in [-0.2, -0.15) is 0 Å². The number of carbonyl (C=O) groups excluding carboxylic acids is 2. The molecule has 1 heterocycles. The van der Waals surface area contributed by atoms with Gasteiger partial charge >= 0.3 is 0 Å². The first-order valence-corrected chi connectivity index (χ1v) is 7.90. The number of hydrogen-bond acceptors (Lipinski definition) is 4. The van der Waals surface area contributed by atoms with Crippen molar-refractivity contribution in [3.05, 3.63) is 70.3 Å². The second-order valence-electron chi connectivity index (χ2n) is 6.14. The van der Waals surface area contributed by atoms with E-state index < -0.39 is 11.8 Å². The summed E-state index contributed by atoms with van der Waals surface area (Å²) in [5.74, 6) is -0.872. The van der Waals surface area contributed by atoms with E-state index in [-0.39, 0.29) is 12.6 Å². The van der Waals surface area contributed by atoms with E-state index in [4.69, 9.17) is 10.6 Å². The number of fused-ring (bicyclic) bond motifs is 1. The number of amides is 2. The van der Waals surface area contributed by atoms with E-state index in [1.54, 1.807) is 24.3 Å². The maximum absolute atomic E-state index is 12.2. The molecule has 5 heteroatoms. The average molecular weight is 324 g/mol. The summed E-state index contributed by atoms with van der Waals surface area (Å²) >= 11 is 0. The molecule has 2 aromatic carbocycles. The van der Waals surface area contributed by atoms with Crippen LogP contribution in [0.15, 0.2) is 42.5 Å². The Balaban J connectivity index is 1.62. The van der Waals surface area contributed by atoms with Gasteiger partial charge in [0.2, 0.25) is 0 Å². The van der Waals surface area contributed by atoms with Crippen molar-refractivity contribution < 1.29 is 14.4 Å². The van der Waals surface area contributed by atoms with Gasteiger partial charge in [0.15, 0.2) is 0 Å². The quantitative estimate of drug-likeness (QED) is 0.857. The number of carbonyl (C=O) groups is 2. The first-order valence-electron chi connectivity index (χ1n) is 7.90. The lowest BCUT2D eigenvalue weighted by molar-refractivity contribution is -0.0951. The normalized spacial score (nSPS) is 14.9. The molecule has 0 radical (unpaired) electrons. The molecule has 0 spiro atoms. The monoisotopic (exact) mass is 324 g/mol. The zero-order valence-corrected chi connectivity index (χ0v) is 13.8. The van der Waals surface area contributed by atoms with Crippen LogP contribution in [0.5, 0.6) is 0 Å². The molecular weight excluding hydrogens is 304 g/mol. The molecule has 2 amide bonds. The van der Waals surface area contributed by atoms with Crippen molar-refractivity contribution >= 4 is 11.8 Å². The van der Waals surface area contributed by atoms with E-state index >= 15 is 0 Å². The zero-order chi connectivity index (χ0) is 17.3. The van der Waals surface area contributed by atoms with Crippen LogP contribution in [0.2, 0.25) is 0 Å². The summed E-state index contributed by atoms with van der Waals surface area (Å²) in [7, 11) is 0. The van der Waals surface area contributed by atoms with Crippen LogP contribution in [0.4, 0.5) is 0 Å². The highest BCUT2D eigenvalue weighted by Crippen LogP contribution is 2.22. The number of hydrogen-bond donors (Lipinski definition) is 1. The molecule has 0 fully saturated rings. The SMILES string of the molecule is Cc1ccc(CC(N)CON2C(=O)c3ccccc3C2=O)c(C)c1. The molecule has 3 rings (SSSR count). The Bertz CT molecular complexity index is 766. The van der Waals surface area contributed by atoms with Crippen molar-refractivity contribution in [2.75, 3.05) is 6.61 Å². The Morgan fingerprint density at radius 3 is 2.25 bits per heavy atom. The van der Waals surface area contributed by atoms with Gasteiger partial charge in [0.1, 0.15) is 0 Å². The lowest BCUT2D eigenvalue weighted by Crippen LogP contribution is -2.37. The van der Waals surface area contributed by atoms with Crippen LogP contribution in [0.3, 0.4) is 0 Å². The standard InChI is InChI=1S/C19H20N2O3/c1-12-7-8-14(13(2)9-12)10-15(20)11-24-21-18(22)16-5-3-4-6-17(16)19(21)23/h3-9,15H,10-11,20H2,1-2H3. The molecule has 2 N–H and O–H groups in total. The fraction of sp³-hybridized carbons (Fsp3) is 0.263. The third-order valence-corrected chi connectivity index (χ3v) is 4.15. The fourth-order valence-corrected chi connectivity index (χ4v) is 2.87. The van der Waals surface area contributed by atoms with Gasteiger partial charge in [-0.05, 0) is 43.5 Å². The molecule has 1 aliphatic rings. The summed E-state index contributed by atoms with van der Waals surface area (Å²) in [5.41, 5.74) is 10.4. The number of benzene rings is 2. The number of nitrogens with zero attached hydrogens (tertiary/aromatic N) is 1. The summed E-state index contributed by atoms with van der Waals surface area (Å²) in [6.45, 7) is 4.18. The summed E-state index contributed by atoms with van der Waals surface area (Å²) in [6.07, 6.45) is 0.620. The van der Waals surface area contributed by atoms with Crippen LogP contribution in [0.25, 0.3) is 0 Å². The minimum Gasteiger partial charge on any atom is -0.325 e. The molecule has 124 valence electrons. The Hall–Kier alpha value is -2.50. The minimum absolute atomic E-state index is 0.0960. The van der Waals surface area contributed by atoms with Gasteiger partial charge in [0, 0.05) is 6.04 Å². The Morgan fingerprint density at radius 1 is 1.04 bits per heavy atom. The molecule has 24 heavy (non-hydrogen) atoms. The van der Waals surface area contributed by atoms with E-state index in [0.29, 0.717) is 17.5 Å². The van der Waals surface area contributed by atoms with Crippen LogP contribution in [-0.2, 0) is 11.3 Å². The second-order valence-corrected chi connectivity index (χ2v) is 6.14. The molecule has 0 aromatic heterocycles. The average Bonchev–Trinajstić information content (AvgIpc) is 2.80. The number of rotatable bonds is 5. The summed E-state index contributed by atoms with van der Waals surface area (Å²) < 4.78 is 0. The maximum atomic E-state index is 12.2. The number of aryl methyl sites for hydroxylation is 2. The Kier molecular flexibility index (Phi) is 4.46. The molecule has 5 nitrogen and oxygen atoms in total. The topological polar surface area (TPSA) is 72.6 Å². The second kappa shape index (κ2) is 6.55. The van der Waals surface area contributed by atoms with Crippen molar-refractivity contribution in [1.82, 2.24) is 5.06 Å². The molecule has 1 atom stereocenters. The van der Waals surface area contributed by atoms with E-state index in [0.717, 1.165) is 10.6 Å². The van der Waals surface area contributed by atoms with Crippen LogP contribution < -0.4 is 5.73 Å². The molecule has 1 aliphatic heterocycles. The third-order valence-electron chi connectivity index (χ3n) is 4.15. The van der Waals surface area contributed by atoms with Crippen molar-refractivity contribution in [2.24, 2.45) is 5.73 Å². The van der Waals surface area contributed by atoms with Gasteiger partial charge in [0.05, 0.1) is 17.7 Å². The van der Waals surface area contributed by atoms with Crippen LogP contribution in [0.1, 0.15) is 37.4 Å². The van der Waals surface area contributed by atoms with E-state index in [9.17, 15) is 9.59 Å². The number of nitrogens with two attached hydrogens (primary N) is 1. The summed E-state index contributed by atoms with van der Waals surface area (Å²) in [6, 6.07) is 12.6. The highest BCUT2D eigenvalue weighted by Gasteiger charge is 2.36. The molecule has 0 bridgehead atoms. The number of imide groups is 1. The first kappa shape index (κ1) is 16.4. The van der Waals surface area contributed by atoms with E-state index in [1.807, 2.05) is 26.0 Å². The molecule has 1 unspecified atom stereocenters. The van der Waals surface area contributed by atoms with Gasteiger partial charge in [-0.1, -0.05) is 35.9 Å². The largest absolute Gasteiger partial charge is 0.325 e. The zero-order valence-electron chi connectivity index (χ0n) is 13.8. The smallest absolute Gasteiger partial charge is 0.285 e. The lowest BCUT2D eigenvalue weighted by atomic mass is 10.00. The predicted octanol–water partition coefficient (Wildman–Crippen LogP) is 2.40. The molecule has 0 aliphatic carbocycles. The molecular formula is C19H20N2O3.